The normalized spacial score (nSPS) is 13.0. The van der Waals surface area contributed by atoms with E-state index in [0.29, 0.717) is 23.6 Å². The zero-order valence-corrected chi connectivity index (χ0v) is 15.8. The van der Waals surface area contributed by atoms with Crippen LogP contribution in [-0.4, -0.2) is 16.9 Å². The minimum atomic E-state index is -0.524. The Kier molecular flexibility index (Phi) is 6.77. The molecule has 0 spiro atoms. The predicted molar refractivity (Wildman–Crippen MR) is 107 cm³/mol. The number of hydrogen-bond acceptors (Lipinski definition) is 4. The van der Waals surface area contributed by atoms with Crippen molar-refractivity contribution in [1.29, 1.82) is 0 Å². The summed E-state index contributed by atoms with van der Waals surface area (Å²) in [6, 6.07) is 15.0. The summed E-state index contributed by atoms with van der Waals surface area (Å²) in [5.41, 5.74) is 9.21. The number of oxazole rings is 1. The number of hydrogen-bond donors (Lipinski definition) is 2. The van der Waals surface area contributed by atoms with Crippen LogP contribution >= 0.6 is 12.4 Å². The number of carbonyl (C=O) groups is 1. The van der Waals surface area contributed by atoms with E-state index in [1.54, 1.807) is 6.07 Å². The molecule has 3 N–H and O–H groups in total. The molecular weight excluding hydrogens is 350 g/mol. The second kappa shape index (κ2) is 8.83. The molecule has 0 aliphatic heterocycles. The molecule has 0 saturated heterocycles. The number of nitrogens with zero attached hydrogens (tertiary/aromatic N) is 1. The number of benzene rings is 2. The fourth-order valence-corrected chi connectivity index (χ4v) is 2.63. The Labute approximate surface area is 159 Å². The van der Waals surface area contributed by atoms with E-state index in [1.165, 1.54) is 0 Å². The van der Waals surface area contributed by atoms with Crippen LogP contribution in [0.25, 0.3) is 11.1 Å². The Morgan fingerprint density at radius 2 is 1.96 bits per heavy atom. The molecule has 1 amide bonds. The highest BCUT2D eigenvalue weighted by Gasteiger charge is 2.19. The van der Waals surface area contributed by atoms with Crippen molar-refractivity contribution in [1.82, 2.24) is 4.98 Å². The third-order valence-corrected chi connectivity index (χ3v) is 4.46. The molecule has 0 aliphatic carbocycles. The Bertz CT molecular complexity index is 864. The standard InChI is InChI=1S/C20H23N3O2.ClH/c1-3-13(2)19(21)20(24)22-15-9-10-16-17(12-15)25-18(23-16)11-14-7-5-4-6-8-14;/h4-10,12-13,19H,3,11,21H2,1-2H3,(H,22,24);1H. The lowest BCUT2D eigenvalue weighted by molar-refractivity contribution is -0.118. The number of halogens is 1. The maximum Gasteiger partial charge on any atom is 0.241 e. The first-order valence-electron chi connectivity index (χ1n) is 8.56. The van der Waals surface area contributed by atoms with Crippen molar-refractivity contribution >= 4 is 35.1 Å². The number of fused-ring (bicyclic) bond motifs is 1. The Morgan fingerprint density at radius 3 is 2.65 bits per heavy atom. The smallest absolute Gasteiger partial charge is 0.241 e. The van der Waals surface area contributed by atoms with Crippen molar-refractivity contribution in [2.45, 2.75) is 32.7 Å². The molecule has 0 saturated carbocycles. The number of amides is 1. The fraction of sp³-hybridized carbons (Fsp3) is 0.300. The van der Waals surface area contributed by atoms with Crippen LogP contribution in [0, 0.1) is 5.92 Å². The van der Waals surface area contributed by atoms with Gasteiger partial charge in [0, 0.05) is 18.2 Å². The highest BCUT2D eigenvalue weighted by molar-refractivity contribution is 5.96. The number of rotatable bonds is 6. The number of nitrogens with two attached hydrogens (primary N) is 1. The second-order valence-electron chi connectivity index (χ2n) is 6.35. The third-order valence-electron chi connectivity index (χ3n) is 4.46. The second-order valence-corrected chi connectivity index (χ2v) is 6.35. The van der Waals surface area contributed by atoms with Crippen molar-refractivity contribution in [3.63, 3.8) is 0 Å². The van der Waals surface area contributed by atoms with Gasteiger partial charge in [0.05, 0.1) is 6.04 Å². The Balaban J connectivity index is 0.00000243. The minimum absolute atomic E-state index is 0. The topological polar surface area (TPSA) is 81.2 Å². The molecule has 2 unspecified atom stereocenters. The summed E-state index contributed by atoms with van der Waals surface area (Å²) < 4.78 is 5.83. The van der Waals surface area contributed by atoms with Gasteiger partial charge in [0.15, 0.2) is 11.5 Å². The molecule has 2 aromatic carbocycles. The molecule has 0 aliphatic rings. The molecule has 3 aromatic rings. The van der Waals surface area contributed by atoms with Gasteiger partial charge in [-0.1, -0.05) is 50.6 Å². The fourth-order valence-electron chi connectivity index (χ4n) is 2.63. The van der Waals surface area contributed by atoms with Crippen LogP contribution in [-0.2, 0) is 11.2 Å². The maximum atomic E-state index is 12.2. The van der Waals surface area contributed by atoms with E-state index in [9.17, 15) is 4.79 Å². The molecule has 0 bridgehead atoms. The van der Waals surface area contributed by atoms with Gasteiger partial charge in [-0.15, -0.1) is 12.4 Å². The van der Waals surface area contributed by atoms with Gasteiger partial charge in [0.2, 0.25) is 5.91 Å². The summed E-state index contributed by atoms with van der Waals surface area (Å²) in [6.07, 6.45) is 1.49. The van der Waals surface area contributed by atoms with Crippen LogP contribution < -0.4 is 11.1 Å². The van der Waals surface area contributed by atoms with Gasteiger partial charge in [-0.05, 0) is 23.6 Å². The summed E-state index contributed by atoms with van der Waals surface area (Å²) in [5.74, 6) is 0.602. The number of nitrogens with one attached hydrogen (secondary N) is 1. The van der Waals surface area contributed by atoms with Gasteiger partial charge in [-0.25, -0.2) is 4.98 Å². The van der Waals surface area contributed by atoms with Gasteiger partial charge in [0.1, 0.15) is 5.52 Å². The average molecular weight is 374 g/mol. The van der Waals surface area contributed by atoms with Gasteiger partial charge in [-0.3, -0.25) is 4.79 Å². The quantitative estimate of drug-likeness (QED) is 0.680. The van der Waals surface area contributed by atoms with Crippen molar-refractivity contribution in [3.8, 4) is 0 Å². The zero-order valence-electron chi connectivity index (χ0n) is 14.9. The highest BCUT2D eigenvalue weighted by Crippen LogP contribution is 2.22. The van der Waals surface area contributed by atoms with Crippen molar-refractivity contribution in [2.75, 3.05) is 5.32 Å². The minimum Gasteiger partial charge on any atom is -0.440 e. The first-order chi connectivity index (χ1) is 12.1. The van der Waals surface area contributed by atoms with E-state index in [-0.39, 0.29) is 24.2 Å². The van der Waals surface area contributed by atoms with E-state index in [2.05, 4.69) is 10.3 Å². The Morgan fingerprint density at radius 1 is 1.23 bits per heavy atom. The molecule has 5 nitrogen and oxygen atoms in total. The van der Waals surface area contributed by atoms with E-state index in [4.69, 9.17) is 10.2 Å². The first kappa shape index (κ1) is 19.9. The van der Waals surface area contributed by atoms with Gasteiger partial charge < -0.3 is 15.5 Å². The maximum absolute atomic E-state index is 12.2. The van der Waals surface area contributed by atoms with Crippen LogP contribution in [0.3, 0.4) is 0 Å². The van der Waals surface area contributed by atoms with Crippen LogP contribution in [0.2, 0.25) is 0 Å². The largest absolute Gasteiger partial charge is 0.440 e. The molecule has 2 atom stereocenters. The van der Waals surface area contributed by atoms with Crippen molar-refractivity contribution in [3.05, 3.63) is 60.0 Å². The molecule has 1 heterocycles. The van der Waals surface area contributed by atoms with Gasteiger partial charge >= 0.3 is 0 Å². The molecule has 6 heteroatoms. The zero-order chi connectivity index (χ0) is 17.8. The molecular formula is C20H24ClN3O2. The van der Waals surface area contributed by atoms with E-state index in [1.807, 2.05) is 56.3 Å². The molecule has 0 radical (unpaired) electrons. The summed E-state index contributed by atoms with van der Waals surface area (Å²) in [5, 5.41) is 2.86. The summed E-state index contributed by atoms with van der Waals surface area (Å²) in [7, 11) is 0. The highest BCUT2D eigenvalue weighted by atomic mass is 35.5. The number of aromatic nitrogens is 1. The molecule has 138 valence electrons. The van der Waals surface area contributed by atoms with Gasteiger partial charge in [-0.2, -0.15) is 0 Å². The lowest BCUT2D eigenvalue weighted by atomic mass is 9.99. The molecule has 26 heavy (non-hydrogen) atoms. The number of anilines is 1. The van der Waals surface area contributed by atoms with Crippen LogP contribution in [0.1, 0.15) is 31.7 Å². The van der Waals surface area contributed by atoms with E-state index >= 15 is 0 Å². The monoisotopic (exact) mass is 373 g/mol. The predicted octanol–water partition coefficient (Wildman–Crippen LogP) is 4.15. The third kappa shape index (κ3) is 4.62. The van der Waals surface area contributed by atoms with E-state index in [0.717, 1.165) is 17.5 Å². The lowest BCUT2D eigenvalue weighted by Crippen LogP contribution is -2.40. The summed E-state index contributed by atoms with van der Waals surface area (Å²) >= 11 is 0. The van der Waals surface area contributed by atoms with Crippen molar-refractivity contribution in [2.24, 2.45) is 11.7 Å². The first-order valence-corrected chi connectivity index (χ1v) is 8.56. The number of carbonyl (C=O) groups excluding carboxylic acids is 1. The summed E-state index contributed by atoms with van der Waals surface area (Å²) in [6.45, 7) is 3.99. The van der Waals surface area contributed by atoms with Gasteiger partial charge in [0.25, 0.3) is 0 Å². The van der Waals surface area contributed by atoms with Crippen LogP contribution in [0.15, 0.2) is 52.9 Å². The summed E-state index contributed by atoms with van der Waals surface area (Å²) in [4.78, 5) is 16.7. The van der Waals surface area contributed by atoms with E-state index < -0.39 is 6.04 Å². The average Bonchev–Trinajstić information content (AvgIpc) is 3.02. The molecule has 3 rings (SSSR count). The van der Waals surface area contributed by atoms with Crippen LogP contribution in [0.5, 0.6) is 0 Å². The van der Waals surface area contributed by atoms with Crippen LogP contribution in [0.4, 0.5) is 5.69 Å². The molecule has 0 fully saturated rings. The lowest BCUT2D eigenvalue weighted by Gasteiger charge is -2.17. The SMILES string of the molecule is CCC(C)C(N)C(=O)Nc1ccc2nc(Cc3ccccc3)oc2c1.Cl. The Hall–Kier alpha value is -2.37. The van der Waals surface area contributed by atoms with Crippen molar-refractivity contribution < 1.29 is 9.21 Å². The molecule has 1 aromatic heterocycles.